The summed E-state index contributed by atoms with van der Waals surface area (Å²) in [6.07, 6.45) is 1.56. The fourth-order valence-electron chi connectivity index (χ4n) is 1.53. The van der Waals surface area contributed by atoms with E-state index in [0.717, 1.165) is 5.56 Å². The van der Waals surface area contributed by atoms with Gasteiger partial charge in [-0.2, -0.15) is 0 Å². The molecule has 1 aromatic heterocycles. The van der Waals surface area contributed by atoms with E-state index in [1.54, 1.807) is 24.4 Å². The molecule has 0 spiro atoms. The zero-order valence-electron chi connectivity index (χ0n) is 9.77. The molecule has 0 bridgehead atoms. The molecule has 2 rings (SSSR count). The lowest BCUT2D eigenvalue weighted by Gasteiger charge is -2.10. The van der Waals surface area contributed by atoms with Gasteiger partial charge in [0.2, 0.25) is 0 Å². The van der Waals surface area contributed by atoms with Crippen LogP contribution in [0.4, 0.5) is 15.9 Å². The van der Waals surface area contributed by atoms with Crippen LogP contribution in [0.25, 0.3) is 0 Å². The topological polar surface area (TPSA) is 50.9 Å². The maximum atomic E-state index is 13.6. The highest BCUT2D eigenvalue weighted by Crippen LogP contribution is 2.22. The molecule has 0 aliphatic carbocycles. The summed E-state index contributed by atoms with van der Waals surface area (Å²) >= 11 is 4.83. The lowest BCUT2D eigenvalue weighted by atomic mass is 10.2. The van der Waals surface area contributed by atoms with E-state index in [0.29, 0.717) is 17.1 Å². The highest BCUT2D eigenvalue weighted by Gasteiger charge is 2.06. The van der Waals surface area contributed by atoms with Crippen LogP contribution >= 0.6 is 12.2 Å². The molecule has 0 aliphatic rings. The fourth-order valence-corrected chi connectivity index (χ4v) is 1.65. The molecule has 0 atom stereocenters. The second kappa shape index (κ2) is 5.10. The molecule has 0 fully saturated rings. The third-order valence-corrected chi connectivity index (χ3v) is 2.76. The van der Waals surface area contributed by atoms with Gasteiger partial charge < -0.3 is 11.1 Å². The molecule has 0 unspecified atom stereocenters. The van der Waals surface area contributed by atoms with Gasteiger partial charge in [0, 0.05) is 11.8 Å². The molecule has 1 heterocycles. The smallest absolute Gasteiger partial charge is 0.146 e. The van der Waals surface area contributed by atoms with Gasteiger partial charge in [-0.25, -0.2) is 9.37 Å². The van der Waals surface area contributed by atoms with Crippen molar-refractivity contribution in [1.82, 2.24) is 4.98 Å². The first kappa shape index (κ1) is 12.4. The summed E-state index contributed by atoms with van der Waals surface area (Å²) in [5.41, 5.74) is 7.40. The minimum absolute atomic E-state index is 0.288. The minimum atomic E-state index is -0.310. The first-order valence-corrected chi connectivity index (χ1v) is 5.77. The molecular weight excluding hydrogens is 249 g/mol. The number of hydrogen-bond donors (Lipinski definition) is 2. The van der Waals surface area contributed by atoms with Crippen LogP contribution in [0.5, 0.6) is 0 Å². The molecular formula is C13H12FN3S. The molecule has 0 aliphatic heterocycles. The van der Waals surface area contributed by atoms with Crippen molar-refractivity contribution >= 4 is 28.7 Å². The Hall–Kier alpha value is -2.01. The van der Waals surface area contributed by atoms with Crippen LogP contribution in [0, 0.1) is 12.7 Å². The number of halogens is 1. The zero-order valence-corrected chi connectivity index (χ0v) is 10.6. The van der Waals surface area contributed by atoms with E-state index in [2.05, 4.69) is 10.3 Å². The molecule has 3 nitrogen and oxygen atoms in total. The fraction of sp³-hybridized carbons (Fsp3) is 0.0769. The first-order valence-electron chi connectivity index (χ1n) is 5.36. The van der Waals surface area contributed by atoms with E-state index in [4.69, 9.17) is 18.0 Å². The number of anilines is 2. The van der Waals surface area contributed by atoms with Gasteiger partial charge in [0.15, 0.2) is 0 Å². The Morgan fingerprint density at radius 2 is 2.11 bits per heavy atom. The van der Waals surface area contributed by atoms with Crippen LogP contribution in [0.3, 0.4) is 0 Å². The van der Waals surface area contributed by atoms with Crippen LogP contribution < -0.4 is 11.1 Å². The molecule has 92 valence electrons. The standard InChI is InChI=1S/C13H12FN3S/c1-8-3-2-4-10(14)12(8)17-11-6-5-9(7-16-11)13(15)18/h2-7H,1H3,(H2,15,18)(H,16,17). The molecule has 3 N–H and O–H groups in total. The maximum Gasteiger partial charge on any atom is 0.146 e. The molecule has 0 amide bonds. The third kappa shape index (κ3) is 2.62. The van der Waals surface area contributed by atoms with Gasteiger partial charge in [0.25, 0.3) is 0 Å². The Bertz CT molecular complexity index is 561. The third-order valence-electron chi connectivity index (χ3n) is 2.52. The van der Waals surface area contributed by atoms with Crippen molar-refractivity contribution in [2.45, 2.75) is 6.92 Å². The predicted octanol–water partition coefficient (Wildman–Crippen LogP) is 2.91. The van der Waals surface area contributed by atoms with E-state index < -0.39 is 0 Å². The Kier molecular flexibility index (Phi) is 3.53. The molecule has 0 saturated carbocycles. The summed E-state index contributed by atoms with van der Waals surface area (Å²) in [4.78, 5) is 4.42. The van der Waals surface area contributed by atoms with Crippen molar-refractivity contribution in [3.8, 4) is 0 Å². The largest absolute Gasteiger partial charge is 0.389 e. The van der Waals surface area contributed by atoms with E-state index in [1.165, 1.54) is 6.07 Å². The highest BCUT2D eigenvalue weighted by molar-refractivity contribution is 7.80. The van der Waals surface area contributed by atoms with Crippen molar-refractivity contribution in [1.29, 1.82) is 0 Å². The van der Waals surface area contributed by atoms with Crippen LogP contribution in [-0.2, 0) is 0 Å². The number of aryl methyl sites for hydroxylation is 1. The maximum absolute atomic E-state index is 13.6. The average Bonchev–Trinajstić information content (AvgIpc) is 2.34. The molecule has 2 aromatic rings. The van der Waals surface area contributed by atoms with Crippen LogP contribution in [0.1, 0.15) is 11.1 Å². The summed E-state index contributed by atoms with van der Waals surface area (Å²) in [6, 6.07) is 8.35. The summed E-state index contributed by atoms with van der Waals surface area (Å²) in [5.74, 6) is 0.235. The van der Waals surface area contributed by atoms with E-state index >= 15 is 0 Å². The number of pyridine rings is 1. The predicted molar refractivity (Wildman–Crippen MR) is 74.5 cm³/mol. The van der Waals surface area contributed by atoms with Crippen LogP contribution in [0.15, 0.2) is 36.5 Å². The highest BCUT2D eigenvalue weighted by atomic mass is 32.1. The Labute approximate surface area is 110 Å². The van der Waals surface area contributed by atoms with Crippen molar-refractivity contribution < 1.29 is 4.39 Å². The second-order valence-electron chi connectivity index (χ2n) is 3.85. The quantitative estimate of drug-likeness (QED) is 0.834. The monoisotopic (exact) mass is 261 g/mol. The lowest BCUT2D eigenvalue weighted by Crippen LogP contribution is -2.09. The second-order valence-corrected chi connectivity index (χ2v) is 4.29. The van der Waals surface area contributed by atoms with Crippen molar-refractivity contribution in [2.24, 2.45) is 5.73 Å². The zero-order chi connectivity index (χ0) is 13.1. The van der Waals surface area contributed by atoms with Crippen LogP contribution in [0.2, 0.25) is 0 Å². The normalized spacial score (nSPS) is 10.1. The first-order chi connectivity index (χ1) is 8.58. The van der Waals surface area contributed by atoms with E-state index in [1.807, 2.05) is 13.0 Å². The van der Waals surface area contributed by atoms with Crippen molar-refractivity contribution in [3.05, 3.63) is 53.5 Å². The number of benzene rings is 1. The van der Waals surface area contributed by atoms with Crippen molar-refractivity contribution in [3.63, 3.8) is 0 Å². The number of nitrogens with two attached hydrogens (primary N) is 1. The van der Waals surface area contributed by atoms with Gasteiger partial charge in [-0.1, -0.05) is 24.4 Å². The number of nitrogens with zero attached hydrogens (tertiary/aromatic N) is 1. The van der Waals surface area contributed by atoms with Gasteiger partial charge in [0.05, 0.1) is 5.69 Å². The molecule has 5 heteroatoms. The SMILES string of the molecule is Cc1cccc(F)c1Nc1ccc(C(N)=S)cn1. The Morgan fingerprint density at radius 1 is 1.33 bits per heavy atom. The molecule has 0 radical (unpaired) electrons. The van der Waals surface area contributed by atoms with E-state index in [-0.39, 0.29) is 10.8 Å². The number of para-hydroxylation sites is 1. The molecule has 0 saturated heterocycles. The lowest BCUT2D eigenvalue weighted by molar-refractivity contribution is 0.631. The molecule has 18 heavy (non-hydrogen) atoms. The summed E-state index contributed by atoms with van der Waals surface area (Å²) in [5, 5.41) is 2.94. The summed E-state index contributed by atoms with van der Waals surface area (Å²) < 4.78 is 13.6. The van der Waals surface area contributed by atoms with Gasteiger partial charge >= 0.3 is 0 Å². The van der Waals surface area contributed by atoms with Crippen molar-refractivity contribution in [2.75, 3.05) is 5.32 Å². The van der Waals surface area contributed by atoms with Gasteiger partial charge in [-0.05, 0) is 30.7 Å². The summed E-state index contributed by atoms with van der Waals surface area (Å²) in [6.45, 7) is 1.83. The average molecular weight is 261 g/mol. The Balaban J connectivity index is 2.26. The number of rotatable bonds is 3. The van der Waals surface area contributed by atoms with E-state index in [9.17, 15) is 4.39 Å². The number of thiocarbonyl (C=S) groups is 1. The Morgan fingerprint density at radius 3 is 2.67 bits per heavy atom. The molecule has 1 aromatic carbocycles. The van der Waals surface area contributed by atoms with Crippen LogP contribution in [-0.4, -0.2) is 9.97 Å². The number of aromatic nitrogens is 1. The minimum Gasteiger partial charge on any atom is -0.389 e. The van der Waals surface area contributed by atoms with Gasteiger partial charge in [-0.15, -0.1) is 0 Å². The number of nitrogens with one attached hydrogen (secondary N) is 1. The summed E-state index contributed by atoms with van der Waals surface area (Å²) in [7, 11) is 0. The van der Waals surface area contributed by atoms with Gasteiger partial charge in [-0.3, -0.25) is 0 Å². The number of hydrogen-bond acceptors (Lipinski definition) is 3. The van der Waals surface area contributed by atoms with Gasteiger partial charge in [0.1, 0.15) is 16.6 Å².